The second-order valence-electron chi connectivity index (χ2n) is 3.84. The topological polar surface area (TPSA) is 58.3 Å². The van der Waals surface area contributed by atoms with Gasteiger partial charge in [-0.2, -0.15) is 0 Å². The summed E-state index contributed by atoms with van der Waals surface area (Å²) in [5, 5.41) is 13.2. The Morgan fingerprint density at radius 3 is 2.58 bits per heavy atom. The molecule has 0 aliphatic heterocycles. The minimum Gasteiger partial charge on any atom is -0.389 e. The van der Waals surface area contributed by atoms with Crippen LogP contribution in [0.25, 0.3) is 0 Å². The van der Waals surface area contributed by atoms with Gasteiger partial charge in [-0.3, -0.25) is 0 Å². The van der Waals surface area contributed by atoms with Crippen LogP contribution in [0, 0.1) is 0 Å². The minimum absolute atomic E-state index is 0.312. The Morgan fingerprint density at radius 2 is 2.08 bits per heavy atom. The molecule has 0 aromatic rings. The van der Waals surface area contributed by atoms with Gasteiger partial charge >= 0.3 is 0 Å². The van der Waals surface area contributed by atoms with Gasteiger partial charge in [-0.15, -0.1) is 0 Å². The molecule has 0 saturated heterocycles. The molecule has 4 N–H and O–H groups in total. The van der Waals surface area contributed by atoms with Crippen LogP contribution in [-0.4, -0.2) is 29.8 Å². The van der Waals surface area contributed by atoms with Crippen LogP contribution in [0.2, 0.25) is 0 Å². The number of likely N-dealkylation sites (N-methyl/N-ethyl adjacent to an activating group) is 1. The van der Waals surface area contributed by atoms with E-state index in [1.165, 1.54) is 0 Å². The first-order valence-electron chi connectivity index (χ1n) is 4.85. The van der Waals surface area contributed by atoms with E-state index in [1.54, 1.807) is 0 Å². The van der Waals surface area contributed by atoms with Crippen molar-refractivity contribution < 1.29 is 5.11 Å². The Balaban J connectivity index is 2.29. The van der Waals surface area contributed by atoms with Crippen molar-refractivity contribution in [1.29, 1.82) is 0 Å². The predicted octanol–water partition coefficient (Wildman–Crippen LogP) is 0.228. The number of rotatable bonds is 3. The molecule has 1 aliphatic carbocycles. The summed E-state index contributed by atoms with van der Waals surface area (Å²) in [4.78, 5) is 0. The molecule has 1 saturated carbocycles. The summed E-state index contributed by atoms with van der Waals surface area (Å²) in [6, 6.07) is 0.312. The summed E-state index contributed by atoms with van der Waals surface area (Å²) < 4.78 is 0. The van der Waals surface area contributed by atoms with Gasteiger partial charge in [0.2, 0.25) is 0 Å². The molecule has 0 radical (unpaired) electrons. The van der Waals surface area contributed by atoms with E-state index < -0.39 is 5.60 Å². The zero-order valence-corrected chi connectivity index (χ0v) is 7.84. The third-order valence-corrected chi connectivity index (χ3v) is 2.67. The minimum atomic E-state index is -0.480. The van der Waals surface area contributed by atoms with Gasteiger partial charge in [-0.05, 0) is 32.2 Å². The average molecular weight is 172 g/mol. The van der Waals surface area contributed by atoms with Crippen molar-refractivity contribution >= 4 is 0 Å². The smallest absolute Gasteiger partial charge is 0.0772 e. The van der Waals surface area contributed by atoms with Crippen molar-refractivity contribution in [2.45, 2.75) is 44.2 Å². The molecule has 72 valence electrons. The van der Waals surface area contributed by atoms with Gasteiger partial charge < -0.3 is 16.2 Å². The average Bonchev–Trinajstić information content (AvgIpc) is 2.08. The molecule has 0 aromatic carbocycles. The van der Waals surface area contributed by atoms with Crippen molar-refractivity contribution in [2.24, 2.45) is 5.73 Å². The summed E-state index contributed by atoms with van der Waals surface area (Å²) >= 11 is 0. The maximum atomic E-state index is 10.0. The lowest BCUT2D eigenvalue weighted by Crippen LogP contribution is -2.45. The molecule has 0 aromatic heterocycles. The number of nitrogens with one attached hydrogen (secondary N) is 1. The van der Waals surface area contributed by atoms with Gasteiger partial charge in [0.15, 0.2) is 0 Å². The Hall–Kier alpha value is -0.120. The standard InChI is InChI=1S/C9H20N2O/c1-2-11-7-9(12)5-3-8(10)4-6-9/h8,11-12H,2-7,10H2,1H3. The van der Waals surface area contributed by atoms with Crippen molar-refractivity contribution in [3.8, 4) is 0 Å². The lowest BCUT2D eigenvalue weighted by molar-refractivity contribution is 0.00118. The first-order valence-corrected chi connectivity index (χ1v) is 4.85. The molecule has 0 bridgehead atoms. The maximum Gasteiger partial charge on any atom is 0.0772 e. The fraction of sp³-hybridized carbons (Fsp3) is 1.00. The van der Waals surface area contributed by atoms with E-state index >= 15 is 0 Å². The summed E-state index contributed by atoms with van der Waals surface area (Å²) in [6.07, 6.45) is 3.62. The zero-order valence-electron chi connectivity index (χ0n) is 7.84. The number of nitrogens with two attached hydrogens (primary N) is 1. The van der Waals surface area contributed by atoms with Crippen LogP contribution < -0.4 is 11.1 Å². The Morgan fingerprint density at radius 1 is 1.50 bits per heavy atom. The molecule has 0 amide bonds. The van der Waals surface area contributed by atoms with Gasteiger partial charge in [0.25, 0.3) is 0 Å². The van der Waals surface area contributed by atoms with Gasteiger partial charge in [0, 0.05) is 12.6 Å². The third-order valence-electron chi connectivity index (χ3n) is 2.67. The van der Waals surface area contributed by atoms with Crippen LogP contribution in [-0.2, 0) is 0 Å². The van der Waals surface area contributed by atoms with Crippen LogP contribution in [0.5, 0.6) is 0 Å². The lowest BCUT2D eigenvalue weighted by atomic mass is 9.82. The van der Waals surface area contributed by atoms with E-state index in [1.807, 2.05) is 0 Å². The number of hydrogen-bond acceptors (Lipinski definition) is 3. The highest BCUT2D eigenvalue weighted by Crippen LogP contribution is 2.26. The van der Waals surface area contributed by atoms with Gasteiger partial charge in [0.1, 0.15) is 0 Å². The quantitative estimate of drug-likeness (QED) is 0.571. The SMILES string of the molecule is CCNCC1(O)CCC(N)CC1. The lowest BCUT2D eigenvalue weighted by Gasteiger charge is -2.34. The first kappa shape index (κ1) is 9.96. The molecule has 0 unspecified atom stereocenters. The van der Waals surface area contributed by atoms with E-state index in [9.17, 15) is 5.11 Å². The zero-order chi connectivity index (χ0) is 9.03. The molecule has 3 nitrogen and oxygen atoms in total. The molecule has 3 heteroatoms. The molecular formula is C9H20N2O. The molecule has 0 atom stereocenters. The molecule has 1 rings (SSSR count). The van der Waals surface area contributed by atoms with Crippen LogP contribution in [0.1, 0.15) is 32.6 Å². The van der Waals surface area contributed by atoms with Crippen molar-refractivity contribution in [3.63, 3.8) is 0 Å². The molecule has 1 aliphatic rings. The van der Waals surface area contributed by atoms with Gasteiger partial charge in [-0.1, -0.05) is 6.92 Å². The fourth-order valence-corrected chi connectivity index (χ4v) is 1.71. The van der Waals surface area contributed by atoms with E-state index in [-0.39, 0.29) is 0 Å². The summed E-state index contributed by atoms with van der Waals surface area (Å²) in [7, 11) is 0. The Kier molecular flexibility index (Phi) is 3.50. The molecule has 0 heterocycles. The molecule has 1 fully saturated rings. The Labute approximate surface area is 74.3 Å². The van der Waals surface area contributed by atoms with Crippen molar-refractivity contribution in [3.05, 3.63) is 0 Å². The van der Waals surface area contributed by atoms with Crippen LogP contribution >= 0.6 is 0 Å². The van der Waals surface area contributed by atoms with Gasteiger partial charge in [0.05, 0.1) is 5.60 Å². The second kappa shape index (κ2) is 4.21. The predicted molar refractivity (Wildman–Crippen MR) is 49.9 cm³/mol. The highest BCUT2D eigenvalue weighted by atomic mass is 16.3. The normalized spacial score (nSPS) is 36.8. The summed E-state index contributed by atoms with van der Waals surface area (Å²) in [5.74, 6) is 0. The van der Waals surface area contributed by atoms with Crippen LogP contribution in [0.4, 0.5) is 0 Å². The summed E-state index contributed by atoms with van der Waals surface area (Å²) in [5.41, 5.74) is 5.27. The Bertz CT molecular complexity index is 125. The third kappa shape index (κ3) is 2.73. The first-order chi connectivity index (χ1) is 5.66. The van der Waals surface area contributed by atoms with Gasteiger partial charge in [-0.25, -0.2) is 0 Å². The summed E-state index contributed by atoms with van der Waals surface area (Å²) in [6.45, 7) is 3.70. The van der Waals surface area contributed by atoms with E-state index in [2.05, 4.69) is 12.2 Å². The van der Waals surface area contributed by atoms with Crippen molar-refractivity contribution in [1.82, 2.24) is 5.32 Å². The monoisotopic (exact) mass is 172 g/mol. The highest BCUT2D eigenvalue weighted by molar-refractivity contribution is 4.88. The largest absolute Gasteiger partial charge is 0.389 e. The van der Waals surface area contributed by atoms with E-state index in [4.69, 9.17) is 5.73 Å². The van der Waals surface area contributed by atoms with E-state index in [0.717, 1.165) is 38.8 Å². The van der Waals surface area contributed by atoms with Crippen molar-refractivity contribution in [2.75, 3.05) is 13.1 Å². The number of hydrogen-bond donors (Lipinski definition) is 3. The maximum absolute atomic E-state index is 10.0. The number of aliphatic hydroxyl groups is 1. The second-order valence-corrected chi connectivity index (χ2v) is 3.84. The van der Waals surface area contributed by atoms with Crippen LogP contribution in [0.3, 0.4) is 0 Å². The molecule has 12 heavy (non-hydrogen) atoms. The fourth-order valence-electron chi connectivity index (χ4n) is 1.71. The molecular weight excluding hydrogens is 152 g/mol. The van der Waals surface area contributed by atoms with Crippen LogP contribution in [0.15, 0.2) is 0 Å². The highest BCUT2D eigenvalue weighted by Gasteiger charge is 2.31. The van der Waals surface area contributed by atoms with E-state index in [0.29, 0.717) is 6.04 Å². The molecule has 0 spiro atoms.